The quantitative estimate of drug-likeness (QED) is 0.0399. The van der Waals surface area contributed by atoms with E-state index in [1.807, 2.05) is 29.6 Å². The summed E-state index contributed by atoms with van der Waals surface area (Å²) in [5, 5.41) is 72.8. The molecule has 12 N–H and O–H groups in total. The first-order chi connectivity index (χ1) is 29.9. The average Bonchev–Trinajstić information content (AvgIpc) is 3.19. The second-order valence-corrected chi connectivity index (χ2v) is 15.4. The van der Waals surface area contributed by atoms with Crippen LogP contribution in [0.2, 0.25) is 0 Å². The van der Waals surface area contributed by atoms with E-state index in [0.717, 1.165) is 24.8 Å². The molecule has 0 aromatic heterocycles. The number of carbonyl (C=O) groups is 8. The summed E-state index contributed by atoms with van der Waals surface area (Å²) in [7, 11) is 0. The third kappa shape index (κ3) is 24.5. The highest BCUT2D eigenvalue weighted by Gasteiger charge is 2.27. The van der Waals surface area contributed by atoms with Crippen LogP contribution in [0.1, 0.15) is 56.9 Å². The van der Waals surface area contributed by atoms with Gasteiger partial charge in [0.25, 0.3) is 0 Å². The highest BCUT2D eigenvalue weighted by Crippen LogP contribution is 2.16. The van der Waals surface area contributed by atoms with Crippen molar-refractivity contribution in [3.63, 3.8) is 0 Å². The van der Waals surface area contributed by atoms with Gasteiger partial charge in [-0.05, 0) is 62.0 Å². The number of carboxylic acids is 6. The van der Waals surface area contributed by atoms with Crippen LogP contribution in [0, 0.1) is 0 Å². The highest BCUT2D eigenvalue weighted by molar-refractivity contribution is 7.80. The van der Waals surface area contributed by atoms with Gasteiger partial charge in [-0.1, -0.05) is 25.0 Å². The molecule has 1 aromatic rings. The van der Waals surface area contributed by atoms with Crippen molar-refractivity contribution >= 4 is 70.8 Å². The smallest absolute Gasteiger partial charge is 0.326 e. The highest BCUT2D eigenvalue weighted by atomic mass is 32.1. The molecular formula is C39H61N9O14S. The molecule has 63 heavy (non-hydrogen) atoms. The fraction of sp³-hybridized carbons (Fsp3) is 0.615. The van der Waals surface area contributed by atoms with Gasteiger partial charge in [-0.15, -0.1) is 0 Å². The number of aliphatic carboxylic acids is 6. The molecule has 0 aliphatic carbocycles. The first-order valence-corrected chi connectivity index (χ1v) is 21.0. The Kier molecular flexibility index (Phi) is 25.1. The van der Waals surface area contributed by atoms with Gasteiger partial charge in [0.05, 0.1) is 19.6 Å². The van der Waals surface area contributed by atoms with Crippen molar-refractivity contribution in [2.75, 3.05) is 83.9 Å². The van der Waals surface area contributed by atoms with Crippen molar-refractivity contribution < 1.29 is 69.0 Å². The monoisotopic (exact) mass is 911 g/mol. The summed E-state index contributed by atoms with van der Waals surface area (Å²) in [5.41, 5.74) is 1.59. The zero-order chi connectivity index (χ0) is 46.7. The minimum Gasteiger partial charge on any atom is -0.481 e. The Morgan fingerprint density at radius 2 is 1.19 bits per heavy atom. The Balaban J connectivity index is 1.79. The molecule has 1 aliphatic rings. The molecule has 24 heteroatoms. The van der Waals surface area contributed by atoms with E-state index in [0.29, 0.717) is 69.5 Å². The average molecular weight is 912 g/mol. The van der Waals surface area contributed by atoms with E-state index in [-0.39, 0.29) is 45.6 Å². The lowest BCUT2D eigenvalue weighted by Gasteiger charge is -2.36. The zero-order valence-corrected chi connectivity index (χ0v) is 35.9. The number of carboxylic acid groups (broad SMARTS) is 6. The van der Waals surface area contributed by atoms with E-state index in [1.165, 1.54) is 0 Å². The normalized spacial score (nSPS) is 16.5. The second-order valence-electron chi connectivity index (χ2n) is 15.0. The first kappa shape index (κ1) is 53.4. The SMILES string of the molecule is O=C(O)CC[C@H](NC(=O)N[C@@H](CCC(=O)NCCCCCCNC(=S)Nc1ccc(CC2CN(CC(=O)O)CCNCCN(CC(=O)O)CCN2CC(=O)O)cc1)C(=O)O)C(=O)O. The van der Waals surface area contributed by atoms with Crippen LogP contribution in [-0.2, 0) is 40.0 Å². The molecule has 2 rings (SSSR count). The largest absolute Gasteiger partial charge is 0.481 e. The molecule has 3 atom stereocenters. The number of hydrogen-bond acceptors (Lipinski definition) is 13. The summed E-state index contributed by atoms with van der Waals surface area (Å²) >= 11 is 5.45. The molecule has 1 aromatic carbocycles. The summed E-state index contributed by atoms with van der Waals surface area (Å²) in [6.07, 6.45) is 2.04. The maximum atomic E-state index is 12.3. The van der Waals surface area contributed by atoms with Crippen LogP contribution in [0.4, 0.5) is 10.5 Å². The van der Waals surface area contributed by atoms with E-state index >= 15 is 0 Å². The Labute approximate surface area is 369 Å². The summed E-state index contributed by atoms with van der Waals surface area (Å²) in [6, 6.07) is 2.89. The van der Waals surface area contributed by atoms with Crippen LogP contribution >= 0.6 is 12.2 Å². The van der Waals surface area contributed by atoms with Gasteiger partial charge < -0.3 is 62.5 Å². The number of carbonyl (C=O) groups excluding carboxylic acids is 2. The molecule has 1 fully saturated rings. The predicted octanol–water partition coefficient (Wildman–Crippen LogP) is -0.826. The lowest BCUT2D eigenvalue weighted by atomic mass is 10.0. The van der Waals surface area contributed by atoms with E-state index in [2.05, 4.69) is 26.6 Å². The van der Waals surface area contributed by atoms with Crippen LogP contribution < -0.4 is 31.9 Å². The van der Waals surface area contributed by atoms with Gasteiger partial charge in [0, 0.05) is 83.5 Å². The molecule has 0 spiro atoms. The fourth-order valence-corrected chi connectivity index (χ4v) is 6.86. The van der Waals surface area contributed by atoms with Gasteiger partial charge in [-0.25, -0.2) is 14.4 Å². The molecule has 1 unspecified atom stereocenters. The van der Waals surface area contributed by atoms with E-state index in [9.17, 15) is 63.9 Å². The van der Waals surface area contributed by atoms with Crippen molar-refractivity contribution in [2.45, 2.75) is 75.9 Å². The van der Waals surface area contributed by atoms with E-state index in [4.69, 9.17) is 17.3 Å². The maximum absolute atomic E-state index is 12.3. The molecule has 1 heterocycles. The van der Waals surface area contributed by atoms with Gasteiger partial charge in [0.1, 0.15) is 12.1 Å². The van der Waals surface area contributed by atoms with Gasteiger partial charge in [-0.3, -0.25) is 38.7 Å². The zero-order valence-electron chi connectivity index (χ0n) is 35.1. The van der Waals surface area contributed by atoms with Crippen molar-refractivity contribution in [1.82, 2.24) is 41.3 Å². The Bertz CT molecular complexity index is 1690. The van der Waals surface area contributed by atoms with Crippen molar-refractivity contribution in [1.29, 1.82) is 0 Å². The standard InChI is InChI=1S/C39H61N9O14S/c49-31(11-9-29(36(58)59)44-38(62)45-30(37(60)61)10-12-32(50)51)41-13-3-1-2-4-14-42-39(63)43-27-7-5-26(6-8-27)21-28-22-47(24-34(54)55)18-16-40-15-17-46(23-33(52)53)19-20-48(28)25-35(56)57/h5-8,28-30,40H,1-4,9-25H2,(H,41,49)(H,50,51)(H,52,53)(H,54,55)(H,56,57)(H,58,59)(H,60,61)(H2,42,43,63)(H2,44,45,62)/t28?,29-,30-/m0/s1. The molecule has 3 amide bonds. The van der Waals surface area contributed by atoms with Crippen LogP contribution in [-0.4, -0.2) is 195 Å². The molecule has 352 valence electrons. The summed E-state index contributed by atoms with van der Waals surface area (Å²) < 4.78 is 0. The van der Waals surface area contributed by atoms with E-state index < -0.39 is 78.7 Å². The minimum absolute atomic E-state index is 0.192. The fourth-order valence-electron chi connectivity index (χ4n) is 6.64. The number of urea groups is 1. The molecule has 1 aliphatic heterocycles. The number of rotatable bonds is 26. The first-order valence-electron chi connectivity index (χ1n) is 20.6. The number of benzene rings is 1. The summed E-state index contributed by atoms with van der Waals surface area (Å²) in [4.78, 5) is 98.5. The van der Waals surface area contributed by atoms with Crippen LogP contribution in [0.25, 0.3) is 0 Å². The second kappa shape index (κ2) is 29.6. The number of amides is 3. The molecular weight excluding hydrogens is 851 g/mol. The predicted molar refractivity (Wildman–Crippen MR) is 230 cm³/mol. The molecule has 0 saturated carbocycles. The summed E-state index contributed by atoms with van der Waals surface area (Å²) in [5.74, 6) is -7.64. The van der Waals surface area contributed by atoms with Gasteiger partial charge in [0.15, 0.2) is 5.11 Å². The molecule has 0 bridgehead atoms. The van der Waals surface area contributed by atoms with Crippen LogP contribution in [0.3, 0.4) is 0 Å². The van der Waals surface area contributed by atoms with Crippen LogP contribution in [0.5, 0.6) is 0 Å². The number of anilines is 1. The summed E-state index contributed by atoms with van der Waals surface area (Å²) in [6.45, 7) is 2.87. The lowest BCUT2D eigenvalue weighted by Crippen LogP contribution is -2.52. The number of hydrogen-bond donors (Lipinski definition) is 12. The minimum atomic E-state index is -1.54. The van der Waals surface area contributed by atoms with Gasteiger partial charge in [-0.2, -0.15) is 0 Å². The van der Waals surface area contributed by atoms with Gasteiger partial charge in [0.2, 0.25) is 5.91 Å². The topological polar surface area (TPSA) is 340 Å². The number of thiocarbonyl (C=S) groups is 1. The Hall–Kier alpha value is -5.69. The third-order valence-electron chi connectivity index (χ3n) is 9.86. The third-order valence-corrected chi connectivity index (χ3v) is 10.1. The van der Waals surface area contributed by atoms with Crippen molar-refractivity contribution in [2.24, 2.45) is 0 Å². The lowest BCUT2D eigenvalue weighted by molar-refractivity contribution is -0.141. The Morgan fingerprint density at radius 3 is 1.75 bits per heavy atom. The number of nitrogens with one attached hydrogen (secondary N) is 6. The Morgan fingerprint density at radius 1 is 0.651 bits per heavy atom. The van der Waals surface area contributed by atoms with Crippen molar-refractivity contribution in [3.8, 4) is 0 Å². The van der Waals surface area contributed by atoms with Gasteiger partial charge >= 0.3 is 41.8 Å². The number of unbranched alkanes of at least 4 members (excludes halogenated alkanes) is 3. The molecule has 1 saturated heterocycles. The van der Waals surface area contributed by atoms with E-state index in [1.54, 1.807) is 14.7 Å². The number of nitrogens with zero attached hydrogens (tertiary/aromatic N) is 3. The van der Waals surface area contributed by atoms with Crippen LogP contribution in [0.15, 0.2) is 24.3 Å². The molecule has 0 radical (unpaired) electrons. The maximum Gasteiger partial charge on any atom is 0.326 e. The van der Waals surface area contributed by atoms with Crippen molar-refractivity contribution in [3.05, 3.63) is 29.8 Å². The molecule has 23 nitrogen and oxygen atoms in total.